The van der Waals surface area contributed by atoms with E-state index in [4.69, 9.17) is 11.6 Å². The molecule has 0 atom stereocenters. The quantitative estimate of drug-likeness (QED) is 0.657. The van der Waals surface area contributed by atoms with Gasteiger partial charge in [0, 0.05) is 5.92 Å². The second kappa shape index (κ2) is 3.90. The lowest BCUT2D eigenvalue weighted by molar-refractivity contribution is 0.626. The molecule has 0 aliphatic carbocycles. The van der Waals surface area contributed by atoms with Crippen LogP contribution in [0.2, 0.25) is 5.02 Å². The van der Waals surface area contributed by atoms with E-state index in [1.54, 1.807) is 6.07 Å². The van der Waals surface area contributed by atoms with Gasteiger partial charge in [-0.05, 0) is 24.1 Å². The highest BCUT2D eigenvalue weighted by molar-refractivity contribution is 6.30. The molecule has 1 radical (unpaired) electrons. The molecule has 1 aromatic rings. The maximum atomic E-state index is 12.9. The minimum absolute atomic E-state index is 0.183. The van der Waals surface area contributed by atoms with Gasteiger partial charge in [0.1, 0.15) is 5.82 Å². The largest absolute Gasteiger partial charge is 0.205 e. The van der Waals surface area contributed by atoms with Crippen LogP contribution in [0.15, 0.2) is 18.2 Å². The molecule has 0 heterocycles. The first-order chi connectivity index (χ1) is 5.65. The Kier molecular flexibility index (Phi) is 3.10. The molecule has 2 heteroatoms. The first-order valence-electron chi connectivity index (χ1n) is 3.93. The molecule has 0 fully saturated rings. The predicted molar refractivity (Wildman–Crippen MR) is 49.7 cm³/mol. The van der Waals surface area contributed by atoms with Crippen molar-refractivity contribution in [2.45, 2.75) is 20.3 Å². The van der Waals surface area contributed by atoms with E-state index in [1.807, 2.05) is 19.9 Å². The van der Waals surface area contributed by atoms with E-state index in [0.29, 0.717) is 0 Å². The summed E-state index contributed by atoms with van der Waals surface area (Å²) in [4.78, 5) is 0. The van der Waals surface area contributed by atoms with Crippen molar-refractivity contribution >= 4 is 11.6 Å². The van der Waals surface area contributed by atoms with Gasteiger partial charge < -0.3 is 0 Å². The Morgan fingerprint density at radius 3 is 2.67 bits per heavy atom. The van der Waals surface area contributed by atoms with Gasteiger partial charge >= 0.3 is 0 Å². The van der Waals surface area contributed by atoms with E-state index in [2.05, 4.69) is 0 Å². The Morgan fingerprint density at radius 2 is 2.17 bits per heavy atom. The normalized spacial score (nSPS) is 10.8. The van der Waals surface area contributed by atoms with E-state index in [9.17, 15) is 4.39 Å². The van der Waals surface area contributed by atoms with E-state index < -0.39 is 0 Å². The Bertz CT molecular complexity index is 271. The van der Waals surface area contributed by atoms with Crippen LogP contribution >= 0.6 is 11.6 Å². The summed E-state index contributed by atoms with van der Waals surface area (Å²) in [5.41, 5.74) is 0.930. The molecule has 0 spiro atoms. The molecule has 65 valence electrons. The summed E-state index contributed by atoms with van der Waals surface area (Å²) in [6.45, 7) is 4.03. The summed E-state index contributed by atoms with van der Waals surface area (Å²) in [5.74, 6) is 0.826. The molecule has 1 aromatic carbocycles. The fraction of sp³-hybridized carbons (Fsp3) is 0.300. The topological polar surface area (TPSA) is 0 Å². The predicted octanol–water partition coefficient (Wildman–Crippen LogP) is 3.83. The van der Waals surface area contributed by atoms with Crippen LogP contribution in [0, 0.1) is 11.7 Å². The van der Waals surface area contributed by atoms with E-state index in [1.165, 1.54) is 12.0 Å². The molecule has 0 amide bonds. The van der Waals surface area contributed by atoms with Crippen molar-refractivity contribution in [3.8, 4) is 0 Å². The zero-order valence-electron chi connectivity index (χ0n) is 7.20. The fourth-order valence-electron chi connectivity index (χ4n) is 0.966. The SMILES string of the molecule is CC[C](C)c1ccc(Cl)c(F)c1. The van der Waals surface area contributed by atoms with Crippen molar-refractivity contribution < 1.29 is 4.39 Å². The summed E-state index contributed by atoms with van der Waals surface area (Å²) >= 11 is 5.54. The highest BCUT2D eigenvalue weighted by Crippen LogP contribution is 2.22. The van der Waals surface area contributed by atoms with Crippen LogP contribution in [0.25, 0.3) is 0 Å². The zero-order valence-corrected chi connectivity index (χ0v) is 7.95. The van der Waals surface area contributed by atoms with Crippen molar-refractivity contribution in [1.29, 1.82) is 0 Å². The average molecular weight is 186 g/mol. The molecule has 12 heavy (non-hydrogen) atoms. The minimum Gasteiger partial charge on any atom is -0.205 e. The monoisotopic (exact) mass is 185 g/mol. The average Bonchev–Trinajstić information content (AvgIpc) is 2.08. The van der Waals surface area contributed by atoms with Crippen molar-refractivity contribution in [2.24, 2.45) is 0 Å². The minimum atomic E-state index is -0.345. The summed E-state index contributed by atoms with van der Waals surface area (Å²) in [6, 6.07) is 4.90. The number of hydrogen-bond donors (Lipinski definition) is 0. The Labute approximate surface area is 77.4 Å². The lowest BCUT2D eigenvalue weighted by Gasteiger charge is -2.07. The lowest BCUT2D eigenvalue weighted by atomic mass is 9.99. The molecule has 0 saturated carbocycles. The standard InChI is InChI=1S/C10H11ClF/c1-3-7(2)8-4-5-9(11)10(12)6-8/h4-6H,3H2,1-2H3. The van der Waals surface area contributed by atoms with Crippen LogP contribution < -0.4 is 0 Å². The molecular weight excluding hydrogens is 175 g/mol. The van der Waals surface area contributed by atoms with Gasteiger partial charge in [0.15, 0.2) is 0 Å². The van der Waals surface area contributed by atoms with Crippen molar-refractivity contribution in [3.05, 3.63) is 40.5 Å². The first-order valence-corrected chi connectivity index (χ1v) is 4.30. The molecule has 0 nitrogen and oxygen atoms in total. The van der Waals surface area contributed by atoms with Crippen LogP contribution in [0.3, 0.4) is 0 Å². The van der Waals surface area contributed by atoms with Crippen molar-refractivity contribution in [2.75, 3.05) is 0 Å². The Balaban J connectivity index is 2.96. The maximum absolute atomic E-state index is 12.9. The molecular formula is C10H11ClF. The van der Waals surface area contributed by atoms with Gasteiger partial charge in [-0.1, -0.05) is 31.5 Å². The molecule has 0 bridgehead atoms. The van der Waals surface area contributed by atoms with Crippen molar-refractivity contribution in [3.63, 3.8) is 0 Å². The number of halogens is 2. The molecule has 0 aliphatic rings. The summed E-state index contributed by atoms with van der Waals surface area (Å²) in [5, 5.41) is 0.183. The van der Waals surface area contributed by atoms with Crippen LogP contribution in [0.1, 0.15) is 25.8 Å². The van der Waals surface area contributed by atoms with Crippen LogP contribution in [0.5, 0.6) is 0 Å². The van der Waals surface area contributed by atoms with Gasteiger partial charge in [-0.3, -0.25) is 0 Å². The number of hydrogen-bond acceptors (Lipinski definition) is 0. The maximum Gasteiger partial charge on any atom is 0.142 e. The smallest absolute Gasteiger partial charge is 0.142 e. The molecule has 0 N–H and O–H groups in total. The van der Waals surface area contributed by atoms with Gasteiger partial charge in [0.25, 0.3) is 0 Å². The van der Waals surface area contributed by atoms with Crippen LogP contribution in [-0.2, 0) is 0 Å². The second-order valence-electron chi connectivity index (χ2n) is 2.76. The summed E-state index contributed by atoms with van der Waals surface area (Å²) < 4.78 is 12.9. The molecule has 0 aromatic heterocycles. The van der Waals surface area contributed by atoms with E-state index in [-0.39, 0.29) is 10.8 Å². The van der Waals surface area contributed by atoms with Gasteiger partial charge in [-0.2, -0.15) is 0 Å². The molecule has 1 rings (SSSR count). The summed E-state index contributed by atoms with van der Waals surface area (Å²) in [6.07, 6.45) is 0.932. The van der Waals surface area contributed by atoms with E-state index >= 15 is 0 Å². The molecule has 0 unspecified atom stereocenters. The van der Waals surface area contributed by atoms with Gasteiger partial charge in [0.05, 0.1) is 5.02 Å². The first kappa shape index (κ1) is 9.53. The number of rotatable bonds is 2. The number of benzene rings is 1. The highest BCUT2D eigenvalue weighted by Gasteiger charge is 2.06. The zero-order chi connectivity index (χ0) is 9.14. The summed E-state index contributed by atoms with van der Waals surface area (Å²) in [7, 11) is 0. The molecule has 0 aliphatic heterocycles. The highest BCUT2D eigenvalue weighted by atomic mass is 35.5. The van der Waals surface area contributed by atoms with Gasteiger partial charge in [-0.15, -0.1) is 0 Å². The van der Waals surface area contributed by atoms with Gasteiger partial charge in [-0.25, -0.2) is 4.39 Å². The fourth-order valence-corrected chi connectivity index (χ4v) is 1.08. The van der Waals surface area contributed by atoms with Crippen LogP contribution in [-0.4, -0.2) is 0 Å². The third-order valence-electron chi connectivity index (χ3n) is 1.94. The second-order valence-corrected chi connectivity index (χ2v) is 3.17. The third-order valence-corrected chi connectivity index (χ3v) is 2.25. The van der Waals surface area contributed by atoms with Crippen molar-refractivity contribution in [1.82, 2.24) is 0 Å². The third kappa shape index (κ3) is 1.98. The van der Waals surface area contributed by atoms with E-state index in [0.717, 1.165) is 12.0 Å². The lowest BCUT2D eigenvalue weighted by Crippen LogP contribution is -1.93. The Hall–Kier alpha value is -0.560. The Morgan fingerprint density at radius 1 is 1.50 bits per heavy atom. The van der Waals surface area contributed by atoms with Crippen LogP contribution in [0.4, 0.5) is 4.39 Å². The van der Waals surface area contributed by atoms with Gasteiger partial charge in [0.2, 0.25) is 0 Å². The molecule has 0 saturated heterocycles.